The molecule has 2 aliphatic heterocycles. The highest BCUT2D eigenvalue weighted by molar-refractivity contribution is 5.74. The zero-order chi connectivity index (χ0) is 18.6. The van der Waals surface area contributed by atoms with E-state index in [0.717, 1.165) is 30.8 Å². The second kappa shape index (κ2) is 7.65. The molecule has 0 spiro atoms. The summed E-state index contributed by atoms with van der Waals surface area (Å²) in [5.74, 6) is 0.882. The van der Waals surface area contributed by atoms with Gasteiger partial charge in [-0.1, -0.05) is 6.07 Å². The molecule has 1 N–H and O–H groups in total. The predicted molar refractivity (Wildman–Crippen MR) is 92.0 cm³/mol. The Morgan fingerprint density at radius 3 is 2.96 bits per heavy atom. The molecule has 1 unspecified atom stereocenters. The van der Waals surface area contributed by atoms with Crippen molar-refractivity contribution in [1.82, 2.24) is 20.2 Å². The fraction of sp³-hybridized carbons (Fsp3) is 0.389. The van der Waals surface area contributed by atoms with E-state index >= 15 is 0 Å². The fourth-order valence-corrected chi connectivity index (χ4v) is 3.07. The van der Waals surface area contributed by atoms with Gasteiger partial charge in [-0.3, -0.25) is 0 Å². The van der Waals surface area contributed by atoms with Gasteiger partial charge in [-0.25, -0.2) is 19.2 Å². The lowest BCUT2D eigenvalue weighted by atomic mass is 10.1. The van der Waals surface area contributed by atoms with Crippen LogP contribution < -0.4 is 19.5 Å². The Morgan fingerprint density at radius 2 is 2.11 bits per heavy atom. The van der Waals surface area contributed by atoms with Gasteiger partial charge in [0, 0.05) is 13.1 Å². The van der Waals surface area contributed by atoms with Crippen LogP contribution in [-0.4, -0.2) is 46.9 Å². The third-order valence-corrected chi connectivity index (χ3v) is 4.41. The van der Waals surface area contributed by atoms with Crippen molar-refractivity contribution in [3.63, 3.8) is 0 Å². The normalized spacial score (nSPS) is 18.3. The number of hydrogen-bond acceptors (Lipinski definition) is 6. The monoisotopic (exact) mass is 374 g/mol. The second-order valence-electron chi connectivity index (χ2n) is 6.36. The van der Waals surface area contributed by atoms with E-state index in [2.05, 4.69) is 15.3 Å². The van der Waals surface area contributed by atoms with Gasteiger partial charge >= 0.3 is 12.0 Å². The molecule has 0 saturated carbocycles. The predicted octanol–water partition coefficient (Wildman–Crippen LogP) is 2.10. The quantitative estimate of drug-likeness (QED) is 0.882. The number of urea groups is 1. The first-order valence-electron chi connectivity index (χ1n) is 8.73. The van der Waals surface area contributed by atoms with E-state index in [1.165, 1.54) is 0 Å². The molecule has 4 rings (SSSR count). The van der Waals surface area contributed by atoms with Crippen LogP contribution in [0.1, 0.15) is 18.4 Å². The summed E-state index contributed by atoms with van der Waals surface area (Å²) in [6, 6.07) is 5.53. The van der Waals surface area contributed by atoms with Crippen molar-refractivity contribution in [2.45, 2.75) is 25.5 Å². The molecule has 0 radical (unpaired) electrons. The summed E-state index contributed by atoms with van der Waals surface area (Å²) in [6.07, 6.45) is 3.48. The van der Waals surface area contributed by atoms with Gasteiger partial charge in [-0.15, -0.1) is 0 Å². The number of piperidine rings is 1. The highest BCUT2D eigenvalue weighted by Crippen LogP contribution is 2.32. The molecular formula is C18H19FN4O4. The Bertz CT molecular complexity index is 818. The number of halogens is 1. The maximum Gasteiger partial charge on any atom is 0.317 e. The zero-order valence-electron chi connectivity index (χ0n) is 14.6. The number of aromatic nitrogens is 2. The van der Waals surface area contributed by atoms with Crippen molar-refractivity contribution in [3.8, 4) is 17.5 Å². The highest BCUT2D eigenvalue weighted by atomic mass is 19.1. The van der Waals surface area contributed by atoms with E-state index in [9.17, 15) is 9.18 Å². The van der Waals surface area contributed by atoms with Gasteiger partial charge in [0.25, 0.3) is 0 Å². The molecular weight excluding hydrogens is 355 g/mol. The topological polar surface area (TPSA) is 85.8 Å². The summed E-state index contributed by atoms with van der Waals surface area (Å²) in [5, 5.41) is 2.91. The van der Waals surface area contributed by atoms with Crippen LogP contribution in [0, 0.1) is 5.82 Å². The Morgan fingerprint density at radius 1 is 1.30 bits per heavy atom. The molecule has 9 heteroatoms. The average Bonchev–Trinajstić information content (AvgIpc) is 3.16. The van der Waals surface area contributed by atoms with Crippen LogP contribution in [0.25, 0.3) is 0 Å². The lowest BCUT2D eigenvalue weighted by Gasteiger charge is -2.32. The van der Waals surface area contributed by atoms with Crippen molar-refractivity contribution in [2.75, 3.05) is 19.9 Å². The number of benzene rings is 1. The number of hydrogen-bond donors (Lipinski definition) is 1. The van der Waals surface area contributed by atoms with Crippen LogP contribution in [0.2, 0.25) is 0 Å². The van der Waals surface area contributed by atoms with Gasteiger partial charge in [0.15, 0.2) is 17.3 Å². The van der Waals surface area contributed by atoms with Gasteiger partial charge in [0.2, 0.25) is 6.79 Å². The molecule has 0 aliphatic carbocycles. The number of carbonyl (C=O) groups is 1. The average molecular weight is 374 g/mol. The summed E-state index contributed by atoms with van der Waals surface area (Å²) in [6.45, 7) is 1.68. The molecule has 8 nitrogen and oxygen atoms in total. The first-order valence-corrected chi connectivity index (χ1v) is 8.73. The molecule has 0 bridgehead atoms. The molecule has 142 valence electrons. The number of ether oxygens (including phenoxy) is 3. The smallest absolute Gasteiger partial charge is 0.317 e. The number of amides is 2. The molecule has 1 fully saturated rings. The summed E-state index contributed by atoms with van der Waals surface area (Å²) in [5.41, 5.74) is 0.928. The van der Waals surface area contributed by atoms with Gasteiger partial charge in [-0.05, 0) is 30.5 Å². The summed E-state index contributed by atoms with van der Waals surface area (Å²) in [4.78, 5) is 21.8. The third kappa shape index (κ3) is 4.18. The standard InChI is InChI=1S/C18H19FN4O4/c19-13-8-20-17(21-9-13)27-14-2-1-5-23(10-14)18(24)22-7-12-3-4-15-16(6-12)26-11-25-15/h3-4,6,8-9,14H,1-2,5,7,10-11H2,(H,22,24). The number of carbonyl (C=O) groups excluding carboxylic acids is 1. The number of fused-ring (bicyclic) bond motifs is 1. The molecule has 2 aromatic rings. The van der Waals surface area contributed by atoms with Crippen molar-refractivity contribution >= 4 is 6.03 Å². The van der Waals surface area contributed by atoms with Gasteiger partial charge in [-0.2, -0.15) is 0 Å². The number of rotatable bonds is 4. The van der Waals surface area contributed by atoms with Crippen LogP contribution in [0.4, 0.5) is 9.18 Å². The van der Waals surface area contributed by atoms with Gasteiger partial charge in [0.05, 0.1) is 18.9 Å². The Balaban J connectivity index is 1.29. The highest BCUT2D eigenvalue weighted by Gasteiger charge is 2.25. The van der Waals surface area contributed by atoms with Crippen LogP contribution in [0.15, 0.2) is 30.6 Å². The molecule has 2 amide bonds. The molecule has 1 saturated heterocycles. The van der Waals surface area contributed by atoms with E-state index < -0.39 is 5.82 Å². The van der Waals surface area contributed by atoms with Crippen molar-refractivity contribution in [2.24, 2.45) is 0 Å². The molecule has 1 aromatic heterocycles. The Labute approximate surface area is 155 Å². The van der Waals surface area contributed by atoms with Crippen molar-refractivity contribution < 1.29 is 23.4 Å². The maximum atomic E-state index is 12.9. The van der Waals surface area contributed by atoms with Crippen molar-refractivity contribution in [1.29, 1.82) is 0 Å². The minimum atomic E-state index is -0.518. The van der Waals surface area contributed by atoms with Crippen LogP contribution in [-0.2, 0) is 6.54 Å². The van der Waals surface area contributed by atoms with Crippen LogP contribution >= 0.6 is 0 Å². The molecule has 2 aliphatic rings. The molecule has 1 atom stereocenters. The zero-order valence-corrected chi connectivity index (χ0v) is 14.6. The lowest BCUT2D eigenvalue weighted by Crippen LogP contribution is -2.48. The number of likely N-dealkylation sites (tertiary alicyclic amines) is 1. The molecule has 27 heavy (non-hydrogen) atoms. The Hall–Kier alpha value is -3.10. The summed E-state index contributed by atoms with van der Waals surface area (Å²) >= 11 is 0. The van der Waals surface area contributed by atoms with E-state index in [4.69, 9.17) is 14.2 Å². The first-order chi connectivity index (χ1) is 13.2. The van der Waals surface area contributed by atoms with Gasteiger partial charge < -0.3 is 24.4 Å². The first kappa shape index (κ1) is 17.3. The SMILES string of the molecule is O=C(NCc1ccc2c(c1)OCO2)N1CCCC(Oc2ncc(F)cn2)C1. The van der Waals surface area contributed by atoms with Crippen molar-refractivity contribution in [3.05, 3.63) is 42.0 Å². The second-order valence-corrected chi connectivity index (χ2v) is 6.36. The Kier molecular flexibility index (Phi) is 4.91. The largest absolute Gasteiger partial charge is 0.458 e. The fourth-order valence-electron chi connectivity index (χ4n) is 3.07. The minimum absolute atomic E-state index is 0.115. The molecule has 3 heterocycles. The van der Waals surface area contributed by atoms with E-state index in [-0.39, 0.29) is 24.9 Å². The van der Waals surface area contributed by atoms with E-state index in [1.807, 2.05) is 18.2 Å². The van der Waals surface area contributed by atoms with Gasteiger partial charge in [0.1, 0.15) is 6.10 Å². The minimum Gasteiger partial charge on any atom is -0.458 e. The summed E-state index contributed by atoms with van der Waals surface area (Å²) in [7, 11) is 0. The van der Waals surface area contributed by atoms with E-state index in [1.54, 1.807) is 4.90 Å². The molecule has 1 aromatic carbocycles. The maximum absolute atomic E-state index is 12.9. The van der Waals surface area contributed by atoms with Crippen LogP contribution in [0.3, 0.4) is 0 Å². The van der Waals surface area contributed by atoms with Crippen LogP contribution in [0.5, 0.6) is 17.5 Å². The van der Waals surface area contributed by atoms with E-state index in [0.29, 0.717) is 31.1 Å². The number of nitrogens with one attached hydrogen (secondary N) is 1. The third-order valence-electron chi connectivity index (χ3n) is 4.41. The summed E-state index contributed by atoms with van der Waals surface area (Å²) < 4.78 is 29.2. The lowest BCUT2D eigenvalue weighted by molar-refractivity contribution is 0.0936. The number of nitrogens with zero attached hydrogens (tertiary/aromatic N) is 3.